The molecule has 1 aromatic carbocycles. The molecule has 0 aliphatic carbocycles. The second-order valence-electron chi connectivity index (χ2n) is 7.91. The van der Waals surface area contributed by atoms with Gasteiger partial charge < -0.3 is 10.6 Å². The van der Waals surface area contributed by atoms with Crippen LogP contribution in [0.5, 0.6) is 0 Å². The van der Waals surface area contributed by atoms with Crippen LogP contribution in [0.15, 0.2) is 71.4 Å². The Morgan fingerprint density at radius 2 is 1.61 bits per heavy atom. The zero-order valence-corrected chi connectivity index (χ0v) is 18.8. The first kappa shape index (κ1) is 22.5. The highest BCUT2D eigenvalue weighted by molar-refractivity contribution is 6.00. The predicted octanol–water partition coefficient (Wildman–Crippen LogP) is 3.22. The fourth-order valence-electron chi connectivity index (χ4n) is 3.81. The predicted molar refractivity (Wildman–Crippen MR) is 128 cm³/mol. The number of piperazine rings is 1. The third-order valence-corrected chi connectivity index (χ3v) is 5.58. The van der Waals surface area contributed by atoms with Crippen molar-refractivity contribution in [2.45, 2.75) is 13.8 Å². The van der Waals surface area contributed by atoms with Crippen molar-refractivity contribution >= 4 is 17.5 Å². The highest BCUT2D eigenvalue weighted by Gasteiger charge is 2.23. The molecule has 0 radical (unpaired) electrons. The topological polar surface area (TPSA) is 96.4 Å². The minimum Gasteiger partial charge on any atom is -0.402 e. The second kappa shape index (κ2) is 10.3. The number of rotatable bonds is 6. The number of aromatic nitrogens is 4. The Kier molecular flexibility index (Phi) is 6.99. The molecule has 1 fully saturated rings. The van der Waals surface area contributed by atoms with Crippen LogP contribution in [0.4, 0.5) is 16.2 Å². The van der Waals surface area contributed by atoms with E-state index < -0.39 is 0 Å². The summed E-state index contributed by atoms with van der Waals surface area (Å²) in [4.78, 5) is 26.5. The highest BCUT2D eigenvalue weighted by Crippen LogP contribution is 2.27. The number of hydrogen-bond acceptors (Lipinski definition) is 8. The van der Waals surface area contributed by atoms with Crippen molar-refractivity contribution in [1.82, 2.24) is 24.8 Å². The average molecular weight is 447 g/mol. The first-order valence-electron chi connectivity index (χ1n) is 10.8. The minimum atomic E-state index is -0.269. The van der Waals surface area contributed by atoms with Crippen LogP contribution in [0.25, 0.3) is 11.3 Å². The van der Waals surface area contributed by atoms with Gasteiger partial charge in [-0.2, -0.15) is 0 Å². The monoisotopic (exact) mass is 446 g/mol. The van der Waals surface area contributed by atoms with Gasteiger partial charge in [-0.15, -0.1) is 0 Å². The molecule has 33 heavy (non-hydrogen) atoms. The van der Waals surface area contributed by atoms with Gasteiger partial charge in [0.2, 0.25) is 5.95 Å². The molecule has 0 bridgehead atoms. The smallest absolute Gasteiger partial charge is 0.249 e. The van der Waals surface area contributed by atoms with E-state index in [1.54, 1.807) is 43.0 Å². The number of halogens is 1. The molecular weight excluding hydrogens is 419 g/mol. The molecule has 1 saturated heterocycles. The van der Waals surface area contributed by atoms with E-state index >= 15 is 0 Å². The average Bonchev–Trinajstić information content (AvgIpc) is 2.84. The highest BCUT2D eigenvalue weighted by atomic mass is 19.1. The van der Waals surface area contributed by atoms with Crippen LogP contribution < -0.4 is 10.6 Å². The molecule has 2 N–H and O–H groups in total. The van der Waals surface area contributed by atoms with Gasteiger partial charge >= 0.3 is 0 Å². The molecule has 1 aliphatic rings. The molecule has 170 valence electrons. The molecule has 1 aliphatic heterocycles. The van der Waals surface area contributed by atoms with E-state index in [0.29, 0.717) is 12.5 Å². The molecule has 0 amide bonds. The van der Waals surface area contributed by atoms with Crippen molar-refractivity contribution < 1.29 is 4.39 Å². The molecule has 0 unspecified atom stereocenters. The number of aliphatic imine (C=N–C) groups is 1. The number of benzene rings is 1. The maximum Gasteiger partial charge on any atom is 0.249 e. The second-order valence-corrected chi connectivity index (χ2v) is 7.91. The summed E-state index contributed by atoms with van der Waals surface area (Å²) in [6.45, 7) is 7.79. The zero-order valence-electron chi connectivity index (χ0n) is 18.8. The lowest BCUT2D eigenvalue weighted by molar-refractivity contribution is 0.280. The Morgan fingerprint density at radius 1 is 0.939 bits per heavy atom. The summed E-state index contributed by atoms with van der Waals surface area (Å²) in [7, 11) is 0. The van der Waals surface area contributed by atoms with Crippen LogP contribution in [0.3, 0.4) is 0 Å². The summed E-state index contributed by atoms with van der Waals surface area (Å²) in [5.74, 6) is 0.970. The Bertz CT molecular complexity index is 1130. The molecule has 0 atom stereocenters. The summed E-state index contributed by atoms with van der Waals surface area (Å²) in [6, 6.07) is 8.12. The van der Waals surface area contributed by atoms with Gasteiger partial charge in [0.15, 0.2) is 5.82 Å². The third kappa shape index (κ3) is 5.56. The van der Waals surface area contributed by atoms with Gasteiger partial charge in [0.1, 0.15) is 11.5 Å². The van der Waals surface area contributed by atoms with Crippen molar-refractivity contribution in [3.63, 3.8) is 0 Å². The van der Waals surface area contributed by atoms with Crippen molar-refractivity contribution in [3.8, 4) is 11.3 Å². The van der Waals surface area contributed by atoms with E-state index in [9.17, 15) is 4.39 Å². The van der Waals surface area contributed by atoms with Crippen molar-refractivity contribution in [1.29, 1.82) is 0 Å². The lowest BCUT2D eigenvalue weighted by Crippen LogP contribution is -2.48. The van der Waals surface area contributed by atoms with Gasteiger partial charge in [0.25, 0.3) is 0 Å². The fraction of sp³-hybridized carbons (Fsp3) is 0.292. The first-order valence-corrected chi connectivity index (χ1v) is 10.8. The van der Waals surface area contributed by atoms with Gasteiger partial charge in [-0.3, -0.25) is 9.88 Å². The van der Waals surface area contributed by atoms with E-state index in [0.717, 1.165) is 60.2 Å². The van der Waals surface area contributed by atoms with Crippen LogP contribution in [0.2, 0.25) is 0 Å². The summed E-state index contributed by atoms with van der Waals surface area (Å²) in [6.07, 6.45) is 6.70. The lowest BCUT2D eigenvalue weighted by atomic mass is 10.1. The lowest BCUT2D eigenvalue weighted by Gasteiger charge is -2.36. The maximum absolute atomic E-state index is 13.4. The molecule has 0 saturated carbocycles. The normalized spacial score (nSPS) is 16.0. The number of hydrogen-bond donors (Lipinski definition) is 1. The van der Waals surface area contributed by atoms with Crippen LogP contribution in [-0.2, 0) is 0 Å². The van der Waals surface area contributed by atoms with E-state index in [1.807, 2.05) is 13.8 Å². The molecule has 4 rings (SSSR count). The number of nitrogens with zero attached hydrogens (tertiary/aromatic N) is 7. The molecular formula is C24H27FN8. The molecule has 8 nitrogen and oxygen atoms in total. The van der Waals surface area contributed by atoms with Crippen LogP contribution in [0.1, 0.15) is 13.8 Å². The van der Waals surface area contributed by atoms with Gasteiger partial charge in [-0.25, -0.2) is 24.3 Å². The maximum atomic E-state index is 13.4. The first-order chi connectivity index (χ1) is 16.0. The summed E-state index contributed by atoms with van der Waals surface area (Å²) in [5.41, 5.74) is 10.3. The Labute approximate surface area is 192 Å². The van der Waals surface area contributed by atoms with Gasteiger partial charge in [-0.1, -0.05) is 0 Å². The molecule has 3 heterocycles. The Hall–Kier alpha value is -3.72. The molecule has 3 aromatic rings. The molecule has 2 aromatic heterocycles. The quantitative estimate of drug-likeness (QED) is 0.581. The van der Waals surface area contributed by atoms with E-state index in [2.05, 4.69) is 34.7 Å². The Balaban J connectivity index is 1.45. The van der Waals surface area contributed by atoms with Crippen LogP contribution in [-0.4, -0.2) is 63.3 Å². The number of nitrogens with two attached hydrogens (primary N) is 1. The minimum absolute atomic E-state index is 0.269. The van der Waals surface area contributed by atoms with E-state index in [4.69, 9.17) is 5.73 Å². The van der Waals surface area contributed by atoms with Crippen molar-refractivity contribution in [2.75, 3.05) is 37.6 Å². The largest absolute Gasteiger partial charge is 0.402 e. The number of allylic oxidation sites excluding steroid dienone is 1. The van der Waals surface area contributed by atoms with Crippen LogP contribution in [0, 0.1) is 5.82 Å². The van der Waals surface area contributed by atoms with Gasteiger partial charge in [-0.05, 0) is 44.2 Å². The van der Waals surface area contributed by atoms with Gasteiger partial charge in [0, 0.05) is 80.1 Å². The van der Waals surface area contributed by atoms with E-state index in [1.165, 1.54) is 12.1 Å². The fourth-order valence-corrected chi connectivity index (χ4v) is 3.81. The number of anilines is 1. The third-order valence-electron chi connectivity index (χ3n) is 5.58. The van der Waals surface area contributed by atoms with Crippen molar-refractivity contribution in [3.05, 3.63) is 72.2 Å². The van der Waals surface area contributed by atoms with Crippen molar-refractivity contribution in [2.24, 2.45) is 10.7 Å². The van der Waals surface area contributed by atoms with E-state index in [-0.39, 0.29) is 5.82 Å². The van der Waals surface area contributed by atoms with Crippen LogP contribution >= 0.6 is 0 Å². The summed E-state index contributed by atoms with van der Waals surface area (Å²) < 4.78 is 13.4. The zero-order chi connectivity index (χ0) is 23.2. The van der Waals surface area contributed by atoms with Gasteiger partial charge in [0.05, 0.1) is 0 Å². The summed E-state index contributed by atoms with van der Waals surface area (Å²) in [5, 5.41) is 0. The molecule has 0 spiro atoms. The summed E-state index contributed by atoms with van der Waals surface area (Å²) >= 11 is 0. The Morgan fingerprint density at radius 3 is 2.27 bits per heavy atom. The standard InChI is InChI=1S/C24H27FN8/c1-17(26)21(18(2)31-24-29-8-3-9-30-24)16-32-12-14-33(15-13-32)23-22(27-10-11-28-23)19-4-6-20(25)7-5-19/h3-11H,12-16,26H2,1-2H3/b21-17-,31-18+. The molecule has 9 heteroatoms. The SMILES string of the molecule is C/C(N)=C(CN1CCN(c2nccnc2-c2ccc(F)cc2)CC1)/C(C)=N/c1ncccn1.